The summed E-state index contributed by atoms with van der Waals surface area (Å²) in [5, 5.41) is 4.46. The lowest BCUT2D eigenvalue weighted by atomic mass is 10.1. The van der Waals surface area contributed by atoms with E-state index in [1.54, 1.807) is 0 Å². The van der Waals surface area contributed by atoms with E-state index < -0.39 is 0 Å². The molecule has 0 bridgehead atoms. The zero-order valence-electron chi connectivity index (χ0n) is 10.4. The second-order valence-corrected chi connectivity index (χ2v) is 4.22. The van der Waals surface area contributed by atoms with Crippen molar-refractivity contribution in [3.63, 3.8) is 0 Å². The number of hydrazine groups is 1. The molecule has 0 saturated carbocycles. The molecule has 1 unspecified atom stereocenters. The van der Waals surface area contributed by atoms with Gasteiger partial charge in [0.15, 0.2) is 0 Å². The Bertz CT molecular complexity index is 220. The van der Waals surface area contributed by atoms with Gasteiger partial charge in [0.2, 0.25) is 5.91 Å². The Balaban J connectivity index is 2.45. The highest BCUT2D eigenvalue weighted by molar-refractivity contribution is 5.79. The third-order valence-corrected chi connectivity index (χ3v) is 3.31. The molecule has 1 rings (SSSR count). The van der Waals surface area contributed by atoms with Crippen molar-refractivity contribution >= 4 is 5.91 Å². The number of amides is 1. The molecule has 1 atom stereocenters. The molecule has 1 heterocycles. The van der Waals surface area contributed by atoms with Gasteiger partial charge in [-0.15, -0.1) is 0 Å². The fourth-order valence-corrected chi connectivity index (χ4v) is 1.92. The summed E-state index contributed by atoms with van der Waals surface area (Å²) in [5.74, 6) is 0.494. The van der Waals surface area contributed by atoms with Crippen molar-refractivity contribution in [3.05, 3.63) is 0 Å². The number of rotatable bonds is 4. The number of hydrogen-bond donors (Lipinski definition) is 0. The van der Waals surface area contributed by atoms with E-state index in [1.807, 2.05) is 18.9 Å². The first-order valence-electron chi connectivity index (χ1n) is 5.81. The molecule has 0 N–H and O–H groups in total. The molecule has 1 amide bonds. The second-order valence-electron chi connectivity index (χ2n) is 4.22. The average molecular weight is 213 g/mol. The summed E-state index contributed by atoms with van der Waals surface area (Å²) in [6.07, 6.45) is 0.994. The number of carbonyl (C=O) groups excluding carboxylic acids is 1. The Hall–Kier alpha value is -0.610. The van der Waals surface area contributed by atoms with Crippen molar-refractivity contribution in [2.75, 3.05) is 40.3 Å². The van der Waals surface area contributed by atoms with Crippen molar-refractivity contribution in [1.29, 1.82) is 0 Å². The van der Waals surface area contributed by atoms with Crippen LogP contribution >= 0.6 is 0 Å². The van der Waals surface area contributed by atoms with Crippen LogP contribution in [0.5, 0.6) is 0 Å². The lowest BCUT2D eigenvalue weighted by molar-refractivity contribution is -0.134. The van der Waals surface area contributed by atoms with Gasteiger partial charge in [0.25, 0.3) is 0 Å². The molecule has 1 aliphatic rings. The van der Waals surface area contributed by atoms with E-state index in [2.05, 4.69) is 24.0 Å². The van der Waals surface area contributed by atoms with Crippen molar-refractivity contribution in [2.24, 2.45) is 5.92 Å². The van der Waals surface area contributed by atoms with Crippen LogP contribution in [0.25, 0.3) is 0 Å². The molecule has 0 aromatic carbocycles. The van der Waals surface area contributed by atoms with E-state index in [0.29, 0.717) is 5.91 Å². The lowest BCUT2D eigenvalue weighted by Crippen LogP contribution is -2.40. The van der Waals surface area contributed by atoms with E-state index in [9.17, 15) is 4.79 Å². The van der Waals surface area contributed by atoms with Crippen LogP contribution in [-0.4, -0.2) is 61.1 Å². The summed E-state index contributed by atoms with van der Waals surface area (Å²) in [4.78, 5) is 13.7. The number of nitrogens with zero attached hydrogens (tertiary/aromatic N) is 3. The minimum atomic E-state index is 0.198. The Morgan fingerprint density at radius 1 is 1.33 bits per heavy atom. The maximum Gasteiger partial charge on any atom is 0.226 e. The largest absolute Gasteiger partial charge is 0.346 e. The second kappa shape index (κ2) is 5.47. The van der Waals surface area contributed by atoms with Crippen LogP contribution in [0.2, 0.25) is 0 Å². The highest BCUT2D eigenvalue weighted by Crippen LogP contribution is 2.19. The first kappa shape index (κ1) is 12.5. The summed E-state index contributed by atoms with van der Waals surface area (Å²) < 4.78 is 0. The molecule has 88 valence electrons. The van der Waals surface area contributed by atoms with Crippen LogP contribution in [-0.2, 0) is 4.79 Å². The summed E-state index contributed by atoms with van der Waals surface area (Å²) in [6, 6.07) is 0. The zero-order valence-corrected chi connectivity index (χ0v) is 10.4. The normalized spacial score (nSPS) is 22.3. The molecule has 4 heteroatoms. The highest BCUT2D eigenvalue weighted by atomic mass is 16.2. The highest BCUT2D eigenvalue weighted by Gasteiger charge is 2.31. The van der Waals surface area contributed by atoms with Crippen LogP contribution in [0.1, 0.15) is 20.3 Å². The molecule has 0 aromatic rings. The smallest absolute Gasteiger partial charge is 0.226 e. The van der Waals surface area contributed by atoms with E-state index in [1.165, 1.54) is 0 Å². The first-order chi connectivity index (χ1) is 7.10. The topological polar surface area (TPSA) is 26.8 Å². The summed E-state index contributed by atoms with van der Waals surface area (Å²) >= 11 is 0. The van der Waals surface area contributed by atoms with Gasteiger partial charge in [0.1, 0.15) is 0 Å². The van der Waals surface area contributed by atoms with Crippen molar-refractivity contribution in [1.82, 2.24) is 14.9 Å². The molecule has 0 aliphatic carbocycles. The van der Waals surface area contributed by atoms with Crippen LogP contribution in [0, 0.1) is 5.92 Å². The van der Waals surface area contributed by atoms with E-state index in [4.69, 9.17) is 0 Å². The van der Waals surface area contributed by atoms with Gasteiger partial charge in [0.05, 0.1) is 5.92 Å². The summed E-state index contributed by atoms with van der Waals surface area (Å²) in [7, 11) is 3.96. The Morgan fingerprint density at radius 3 is 2.53 bits per heavy atom. The molecule has 0 spiro atoms. The molecule has 15 heavy (non-hydrogen) atoms. The fraction of sp³-hybridized carbons (Fsp3) is 0.909. The van der Waals surface area contributed by atoms with E-state index >= 15 is 0 Å². The third kappa shape index (κ3) is 2.92. The zero-order chi connectivity index (χ0) is 11.4. The molecule has 1 fully saturated rings. The van der Waals surface area contributed by atoms with Crippen molar-refractivity contribution in [2.45, 2.75) is 20.3 Å². The Labute approximate surface area is 92.8 Å². The van der Waals surface area contributed by atoms with Gasteiger partial charge >= 0.3 is 0 Å². The molecule has 0 aromatic heterocycles. The molecule has 1 saturated heterocycles. The van der Waals surface area contributed by atoms with E-state index in [-0.39, 0.29) is 5.92 Å². The predicted molar refractivity (Wildman–Crippen MR) is 61.3 cm³/mol. The minimum Gasteiger partial charge on any atom is -0.346 e. The van der Waals surface area contributed by atoms with Crippen LogP contribution < -0.4 is 0 Å². The minimum absolute atomic E-state index is 0.198. The number of carbonyl (C=O) groups is 1. The molecule has 0 radical (unpaired) electrons. The summed E-state index contributed by atoms with van der Waals surface area (Å²) in [6.45, 7) is 7.85. The number of hydrogen-bond acceptors (Lipinski definition) is 3. The lowest BCUT2D eigenvalue weighted by Gasteiger charge is -2.27. The van der Waals surface area contributed by atoms with Crippen LogP contribution in [0.15, 0.2) is 0 Å². The maximum atomic E-state index is 11.9. The molecular weight excluding hydrogens is 190 g/mol. The Morgan fingerprint density at radius 2 is 2.00 bits per heavy atom. The van der Waals surface area contributed by atoms with Gasteiger partial charge in [0, 0.05) is 40.3 Å². The van der Waals surface area contributed by atoms with Crippen LogP contribution in [0.4, 0.5) is 0 Å². The molecule has 4 nitrogen and oxygen atoms in total. The Kier molecular flexibility index (Phi) is 4.54. The van der Waals surface area contributed by atoms with Crippen LogP contribution in [0.3, 0.4) is 0 Å². The van der Waals surface area contributed by atoms with Gasteiger partial charge in [-0.2, -0.15) is 0 Å². The van der Waals surface area contributed by atoms with Gasteiger partial charge in [-0.25, -0.2) is 10.0 Å². The maximum absolute atomic E-state index is 11.9. The first-order valence-corrected chi connectivity index (χ1v) is 5.81. The average Bonchev–Trinajstić information content (AvgIpc) is 2.75. The molecule has 1 aliphatic heterocycles. The predicted octanol–water partition coefficient (Wildman–Crippen LogP) is 0.653. The fourth-order valence-electron chi connectivity index (χ4n) is 1.92. The summed E-state index contributed by atoms with van der Waals surface area (Å²) in [5.41, 5.74) is 0. The quantitative estimate of drug-likeness (QED) is 0.686. The third-order valence-electron chi connectivity index (χ3n) is 3.31. The van der Waals surface area contributed by atoms with Gasteiger partial charge in [-0.1, -0.05) is 6.92 Å². The monoisotopic (exact) mass is 213 g/mol. The van der Waals surface area contributed by atoms with Gasteiger partial charge in [-0.05, 0) is 13.3 Å². The van der Waals surface area contributed by atoms with E-state index in [0.717, 1.165) is 32.6 Å². The standard InChI is InChI=1S/C11H23N3O/c1-5-12(3)11(15)10-7-8-14(9-10)13(4)6-2/h10H,5-9H2,1-4H3. The van der Waals surface area contributed by atoms with Gasteiger partial charge in [-0.3, -0.25) is 4.79 Å². The van der Waals surface area contributed by atoms with Gasteiger partial charge < -0.3 is 4.90 Å². The van der Waals surface area contributed by atoms with Crippen molar-refractivity contribution in [3.8, 4) is 0 Å². The van der Waals surface area contributed by atoms with Crippen molar-refractivity contribution < 1.29 is 4.79 Å². The molecular formula is C11H23N3O. The SMILES string of the molecule is CCN(C)C(=O)C1CCN(N(C)CC)C1.